The highest BCUT2D eigenvalue weighted by atomic mass is 19.4. The molecule has 0 unspecified atom stereocenters. The molecular weight excluding hydrogens is 253 g/mol. The molecule has 0 bridgehead atoms. The second-order valence-electron chi connectivity index (χ2n) is 3.96. The van der Waals surface area contributed by atoms with E-state index in [1.54, 1.807) is 24.3 Å². The highest BCUT2D eigenvalue weighted by Gasteiger charge is 2.33. The minimum absolute atomic E-state index is 0.397. The second-order valence-corrected chi connectivity index (χ2v) is 3.96. The Bertz CT molecular complexity index is 637. The van der Waals surface area contributed by atoms with Crippen LogP contribution in [0.2, 0.25) is 0 Å². The number of nitrogens with two attached hydrogens (primary N) is 1. The van der Waals surface area contributed by atoms with Gasteiger partial charge in [0.1, 0.15) is 0 Å². The predicted octanol–water partition coefficient (Wildman–Crippen LogP) is 4.51. The summed E-state index contributed by atoms with van der Waals surface area (Å²) in [5.41, 5.74) is 5.78. The Hall–Kier alpha value is -2.48. The van der Waals surface area contributed by atoms with Gasteiger partial charge in [0, 0.05) is 5.69 Å². The standard InChI is InChI=1S/C14H9F3N2/c1-19-13-7-4-10(8-12(13)14(15,16)17)9-2-5-11(18)6-3-9/h2-8H,18H2. The van der Waals surface area contributed by atoms with Crippen molar-refractivity contribution in [1.29, 1.82) is 0 Å². The molecule has 0 aliphatic heterocycles. The third kappa shape index (κ3) is 2.68. The molecule has 0 aliphatic carbocycles. The molecule has 0 radical (unpaired) electrons. The number of nitrogens with zero attached hydrogens (tertiary/aromatic N) is 1. The van der Waals surface area contributed by atoms with Gasteiger partial charge in [0.25, 0.3) is 0 Å². The van der Waals surface area contributed by atoms with Gasteiger partial charge in [-0.05, 0) is 23.3 Å². The van der Waals surface area contributed by atoms with Gasteiger partial charge in [0.05, 0.1) is 12.1 Å². The minimum Gasteiger partial charge on any atom is -0.399 e. The van der Waals surface area contributed by atoms with Crippen LogP contribution in [0.25, 0.3) is 16.0 Å². The van der Waals surface area contributed by atoms with Crippen molar-refractivity contribution in [3.05, 3.63) is 59.4 Å². The van der Waals surface area contributed by atoms with Gasteiger partial charge in [-0.25, -0.2) is 4.85 Å². The third-order valence-corrected chi connectivity index (χ3v) is 2.67. The van der Waals surface area contributed by atoms with E-state index in [0.29, 0.717) is 16.8 Å². The van der Waals surface area contributed by atoms with Gasteiger partial charge >= 0.3 is 6.18 Å². The van der Waals surface area contributed by atoms with Crippen LogP contribution in [0, 0.1) is 6.57 Å². The van der Waals surface area contributed by atoms with E-state index >= 15 is 0 Å². The molecular formula is C14H9F3N2. The minimum atomic E-state index is -4.54. The average molecular weight is 262 g/mol. The maximum Gasteiger partial charge on any atom is 0.407 e. The molecule has 0 fully saturated rings. The first-order valence-corrected chi connectivity index (χ1v) is 5.36. The third-order valence-electron chi connectivity index (χ3n) is 2.67. The van der Waals surface area contributed by atoms with Crippen molar-refractivity contribution < 1.29 is 13.2 Å². The molecule has 2 N–H and O–H groups in total. The van der Waals surface area contributed by atoms with Crippen molar-refractivity contribution in [2.75, 3.05) is 5.73 Å². The van der Waals surface area contributed by atoms with Crippen LogP contribution in [0.5, 0.6) is 0 Å². The molecule has 0 aliphatic rings. The Labute approximate surface area is 108 Å². The van der Waals surface area contributed by atoms with E-state index in [1.165, 1.54) is 12.1 Å². The summed E-state index contributed by atoms with van der Waals surface area (Å²) in [7, 11) is 0. The van der Waals surface area contributed by atoms with Gasteiger partial charge < -0.3 is 5.73 Å². The molecule has 0 aromatic heterocycles. The largest absolute Gasteiger partial charge is 0.407 e. The van der Waals surface area contributed by atoms with Gasteiger partial charge in [-0.1, -0.05) is 30.3 Å². The van der Waals surface area contributed by atoms with E-state index in [4.69, 9.17) is 12.3 Å². The number of nitrogen functional groups attached to an aromatic ring is 1. The summed E-state index contributed by atoms with van der Waals surface area (Å²) in [5, 5.41) is 0. The van der Waals surface area contributed by atoms with Crippen LogP contribution < -0.4 is 5.73 Å². The monoisotopic (exact) mass is 262 g/mol. The smallest absolute Gasteiger partial charge is 0.399 e. The number of alkyl halides is 3. The Morgan fingerprint density at radius 1 is 0.947 bits per heavy atom. The van der Waals surface area contributed by atoms with Crippen LogP contribution in [0.4, 0.5) is 24.5 Å². The summed E-state index contributed by atoms with van der Waals surface area (Å²) >= 11 is 0. The Kier molecular flexibility index (Phi) is 3.17. The zero-order chi connectivity index (χ0) is 14.0. The van der Waals surface area contributed by atoms with E-state index in [-0.39, 0.29) is 0 Å². The fraction of sp³-hybridized carbons (Fsp3) is 0.0714. The molecule has 0 atom stereocenters. The van der Waals surface area contributed by atoms with Crippen molar-refractivity contribution in [2.24, 2.45) is 0 Å². The van der Waals surface area contributed by atoms with E-state index in [2.05, 4.69) is 4.85 Å². The topological polar surface area (TPSA) is 30.4 Å². The zero-order valence-corrected chi connectivity index (χ0v) is 9.70. The highest BCUT2D eigenvalue weighted by Crippen LogP contribution is 2.38. The van der Waals surface area contributed by atoms with Gasteiger partial charge in [-0.3, -0.25) is 0 Å². The molecule has 0 saturated heterocycles. The van der Waals surface area contributed by atoms with Crippen LogP contribution in [-0.2, 0) is 6.18 Å². The fourth-order valence-corrected chi connectivity index (χ4v) is 1.72. The summed E-state index contributed by atoms with van der Waals surface area (Å²) in [6.07, 6.45) is -4.54. The lowest BCUT2D eigenvalue weighted by molar-refractivity contribution is -0.136. The molecule has 2 rings (SSSR count). The summed E-state index contributed by atoms with van der Waals surface area (Å²) in [4.78, 5) is 2.90. The fourth-order valence-electron chi connectivity index (χ4n) is 1.72. The zero-order valence-electron chi connectivity index (χ0n) is 9.70. The van der Waals surface area contributed by atoms with Crippen molar-refractivity contribution in [3.63, 3.8) is 0 Å². The van der Waals surface area contributed by atoms with Crippen LogP contribution in [0.3, 0.4) is 0 Å². The van der Waals surface area contributed by atoms with Crippen molar-refractivity contribution in [1.82, 2.24) is 0 Å². The van der Waals surface area contributed by atoms with E-state index in [1.807, 2.05) is 0 Å². The van der Waals surface area contributed by atoms with Crippen molar-refractivity contribution in [3.8, 4) is 11.1 Å². The van der Waals surface area contributed by atoms with Crippen LogP contribution >= 0.6 is 0 Å². The van der Waals surface area contributed by atoms with Crippen LogP contribution in [-0.4, -0.2) is 0 Å². The van der Waals surface area contributed by atoms with Gasteiger partial charge in [-0.15, -0.1) is 0 Å². The average Bonchev–Trinajstić information content (AvgIpc) is 2.38. The molecule has 5 heteroatoms. The Morgan fingerprint density at radius 2 is 1.53 bits per heavy atom. The lowest BCUT2D eigenvalue weighted by Crippen LogP contribution is -2.05. The molecule has 96 valence electrons. The quantitative estimate of drug-likeness (QED) is 0.595. The van der Waals surface area contributed by atoms with Gasteiger partial charge in [0.15, 0.2) is 5.69 Å². The lowest BCUT2D eigenvalue weighted by atomic mass is 10.0. The number of anilines is 1. The summed E-state index contributed by atoms with van der Waals surface area (Å²) in [6.45, 7) is 6.78. The molecule has 0 saturated carbocycles. The Balaban J connectivity index is 2.56. The van der Waals surface area contributed by atoms with E-state index in [0.717, 1.165) is 6.07 Å². The van der Waals surface area contributed by atoms with Crippen LogP contribution in [0.15, 0.2) is 42.5 Å². The first-order valence-electron chi connectivity index (χ1n) is 5.36. The normalized spacial score (nSPS) is 11.1. The Morgan fingerprint density at radius 3 is 2.05 bits per heavy atom. The predicted molar refractivity (Wildman–Crippen MR) is 67.6 cm³/mol. The van der Waals surface area contributed by atoms with Gasteiger partial charge in [-0.2, -0.15) is 13.2 Å². The first kappa shape index (κ1) is 13.0. The van der Waals surface area contributed by atoms with Crippen LogP contribution in [0.1, 0.15) is 5.56 Å². The van der Waals surface area contributed by atoms with Crippen molar-refractivity contribution in [2.45, 2.75) is 6.18 Å². The van der Waals surface area contributed by atoms with Gasteiger partial charge in [0.2, 0.25) is 0 Å². The number of hydrogen-bond acceptors (Lipinski definition) is 1. The molecule has 0 heterocycles. The maximum atomic E-state index is 12.8. The second kappa shape index (κ2) is 4.65. The molecule has 2 nitrogen and oxygen atoms in total. The number of halogens is 3. The summed E-state index contributed by atoms with van der Waals surface area (Å²) in [5.74, 6) is 0. The highest BCUT2D eigenvalue weighted by molar-refractivity contribution is 5.70. The first-order chi connectivity index (χ1) is 8.91. The number of rotatable bonds is 1. The SMILES string of the molecule is [C-]#[N+]c1ccc(-c2ccc(N)cc2)cc1C(F)(F)F. The molecule has 19 heavy (non-hydrogen) atoms. The number of hydrogen-bond donors (Lipinski definition) is 1. The van der Waals surface area contributed by atoms with Crippen molar-refractivity contribution >= 4 is 11.4 Å². The molecule has 2 aromatic carbocycles. The molecule has 0 spiro atoms. The van der Waals surface area contributed by atoms with E-state index < -0.39 is 17.4 Å². The van der Waals surface area contributed by atoms with E-state index in [9.17, 15) is 13.2 Å². The summed E-state index contributed by atoms with van der Waals surface area (Å²) < 4.78 is 38.5. The number of benzene rings is 2. The molecule has 2 aromatic rings. The lowest BCUT2D eigenvalue weighted by Gasteiger charge is -2.11. The maximum absolute atomic E-state index is 12.8. The summed E-state index contributed by atoms with van der Waals surface area (Å²) in [6, 6.07) is 10.2. The molecule has 0 amide bonds.